The van der Waals surface area contributed by atoms with Gasteiger partial charge >= 0.3 is 0 Å². The Morgan fingerprint density at radius 2 is 1.83 bits per heavy atom. The van der Waals surface area contributed by atoms with Crippen LogP contribution in [0.25, 0.3) is 5.65 Å². The average molecular weight is 399 g/mol. The Balaban J connectivity index is 1.50. The van der Waals surface area contributed by atoms with Crippen LogP contribution in [0.5, 0.6) is 0 Å². The molecule has 0 bridgehead atoms. The van der Waals surface area contributed by atoms with Crippen molar-refractivity contribution in [3.63, 3.8) is 0 Å². The molecule has 1 aromatic carbocycles. The number of nitrogens with zero attached hydrogens (tertiary/aromatic N) is 4. The Morgan fingerprint density at radius 1 is 1.03 bits per heavy atom. The molecule has 4 aromatic rings. The quantitative estimate of drug-likeness (QED) is 0.462. The molecule has 0 atom stereocenters. The first kappa shape index (κ1) is 19.8. The monoisotopic (exact) mass is 399 g/mol. The van der Waals surface area contributed by atoms with Gasteiger partial charge in [-0.25, -0.2) is 4.98 Å². The molecular formula is C24H25N5O. The number of aromatic nitrogens is 3. The molecular weight excluding hydrogens is 374 g/mol. The zero-order valence-corrected chi connectivity index (χ0v) is 17.0. The molecule has 4 rings (SSSR count). The van der Waals surface area contributed by atoms with E-state index in [0.29, 0.717) is 18.8 Å². The molecule has 1 amide bonds. The molecule has 6 nitrogen and oxygen atoms in total. The molecule has 0 aliphatic carbocycles. The molecule has 3 heterocycles. The normalized spacial score (nSPS) is 11.0. The first-order chi connectivity index (χ1) is 14.7. The first-order valence-electron chi connectivity index (χ1n) is 10.1. The van der Waals surface area contributed by atoms with Gasteiger partial charge < -0.3 is 14.6 Å². The number of benzene rings is 1. The van der Waals surface area contributed by atoms with Gasteiger partial charge in [-0.15, -0.1) is 0 Å². The van der Waals surface area contributed by atoms with Gasteiger partial charge in [0.1, 0.15) is 5.65 Å². The number of amides is 1. The average Bonchev–Trinajstić information content (AvgIpc) is 3.16. The number of fused-ring (bicyclic) bond motifs is 1. The Kier molecular flexibility index (Phi) is 6.15. The highest BCUT2D eigenvalue weighted by atomic mass is 16.2. The molecule has 0 aliphatic rings. The van der Waals surface area contributed by atoms with E-state index in [4.69, 9.17) is 0 Å². The maximum atomic E-state index is 13.2. The third kappa shape index (κ3) is 4.55. The van der Waals surface area contributed by atoms with Gasteiger partial charge in [0.15, 0.2) is 5.69 Å². The molecule has 3 aromatic heterocycles. The van der Waals surface area contributed by atoms with Crippen LogP contribution in [0.4, 0.5) is 0 Å². The SMILES string of the molecule is CN(Cc1ccccc1)C(=O)c1nc2ccccn2c1CNCCc1cccnc1. The molecule has 0 spiro atoms. The van der Waals surface area contributed by atoms with Crippen LogP contribution in [0.1, 0.15) is 27.3 Å². The number of nitrogens with one attached hydrogen (secondary N) is 1. The van der Waals surface area contributed by atoms with E-state index in [1.165, 1.54) is 5.56 Å². The van der Waals surface area contributed by atoms with Crippen LogP contribution in [0, 0.1) is 0 Å². The molecule has 152 valence electrons. The van der Waals surface area contributed by atoms with E-state index in [1.54, 1.807) is 11.1 Å². The van der Waals surface area contributed by atoms with Crippen molar-refractivity contribution in [2.45, 2.75) is 19.5 Å². The van der Waals surface area contributed by atoms with Crippen molar-refractivity contribution < 1.29 is 4.79 Å². The summed E-state index contributed by atoms with van der Waals surface area (Å²) in [4.78, 5) is 23.7. The highest BCUT2D eigenvalue weighted by Crippen LogP contribution is 2.16. The van der Waals surface area contributed by atoms with Crippen LogP contribution < -0.4 is 5.32 Å². The van der Waals surface area contributed by atoms with Gasteiger partial charge in [0, 0.05) is 38.7 Å². The van der Waals surface area contributed by atoms with E-state index in [2.05, 4.69) is 21.4 Å². The Morgan fingerprint density at radius 3 is 2.63 bits per heavy atom. The van der Waals surface area contributed by atoms with Crippen molar-refractivity contribution in [3.05, 3.63) is 102 Å². The zero-order chi connectivity index (χ0) is 20.8. The summed E-state index contributed by atoms with van der Waals surface area (Å²) < 4.78 is 1.99. The van der Waals surface area contributed by atoms with Crippen molar-refractivity contribution in [2.75, 3.05) is 13.6 Å². The lowest BCUT2D eigenvalue weighted by atomic mass is 10.2. The molecule has 0 unspecified atom stereocenters. The van der Waals surface area contributed by atoms with E-state index < -0.39 is 0 Å². The summed E-state index contributed by atoms with van der Waals surface area (Å²) in [6.45, 7) is 1.90. The van der Waals surface area contributed by atoms with Crippen molar-refractivity contribution in [1.82, 2.24) is 24.6 Å². The van der Waals surface area contributed by atoms with Crippen LogP contribution in [0.3, 0.4) is 0 Å². The number of pyridine rings is 2. The second-order valence-electron chi connectivity index (χ2n) is 7.27. The summed E-state index contributed by atoms with van der Waals surface area (Å²) in [5.74, 6) is -0.0772. The molecule has 0 aliphatic heterocycles. The second-order valence-corrected chi connectivity index (χ2v) is 7.27. The highest BCUT2D eigenvalue weighted by molar-refractivity contribution is 5.94. The third-order valence-electron chi connectivity index (χ3n) is 5.05. The van der Waals surface area contributed by atoms with E-state index in [9.17, 15) is 4.79 Å². The summed E-state index contributed by atoms with van der Waals surface area (Å²) in [7, 11) is 1.82. The van der Waals surface area contributed by atoms with Gasteiger partial charge in [0.2, 0.25) is 0 Å². The number of hydrogen-bond acceptors (Lipinski definition) is 4. The van der Waals surface area contributed by atoms with Gasteiger partial charge in [-0.05, 0) is 42.3 Å². The fourth-order valence-corrected chi connectivity index (χ4v) is 3.48. The predicted octanol–water partition coefficient (Wildman–Crippen LogP) is 3.33. The van der Waals surface area contributed by atoms with Crippen LogP contribution in [-0.4, -0.2) is 38.8 Å². The lowest BCUT2D eigenvalue weighted by Crippen LogP contribution is -2.28. The van der Waals surface area contributed by atoms with Gasteiger partial charge in [0.05, 0.1) is 5.69 Å². The van der Waals surface area contributed by atoms with Crippen LogP contribution in [-0.2, 0) is 19.5 Å². The lowest BCUT2D eigenvalue weighted by molar-refractivity contribution is 0.0778. The minimum Gasteiger partial charge on any atom is -0.336 e. The number of rotatable bonds is 8. The Hall–Kier alpha value is -3.51. The number of hydrogen-bond donors (Lipinski definition) is 1. The third-order valence-corrected chi connectivity index (χ3v) is 5.05. The van der Waals surface area contributed by atoms with Crippen molar-refractivity contribution in [3.8, 4) is 0 Å². The minimum atomic E-state index is -0.0772. The summed E-state index contributed by atoms with van der Waals surface area (Å²) in [6.07, 6.45) is 6.48. The topological polar surface area (TPSA) is 62.5 Å². The summed E-state index contributed by atoms with van der Waals surface area (Å²) >= 11 is 0. The molecule has 30 heavy (non-hydrogen) atoms. The van der Waals surface area contributed by atoms with Crippen molar-refractivity contribution in [2.24, 2.45) is 0 Å². The number of imidazole rings is 1. The predicted molar refractivity (Wildman–Crippen MR) is 117 cm³/mol. The van der Waals surface area contributed by atoms with E-state index in [0.717, 1.165) is 29.9 Å². The van der Waals surface area contributed by atoms with Gasteiger partial charge in [-0.3, -0.25) is 9.78 Å². The van der Waals surface area contributed by atoms with Gasteiger partial charge in [-0.2, -0.15) is 0 Å². The maximum absolute atomic E-state index is 13.2. The van der Waals surface area contributed by atoms with Crippen LogP contribution in [0.15, 0.2) is 79.3 Å². The number of carbonyl (C=O) groups excluding carboxylic acids is 1. The highest BCUT2D eigenvalue weighted by Gasteiger charge is 2.21. The number of carbonyl (C=O) groups is 1. The van der Waals surface area contributed by atoms with E-state index in [-0.39, 0.29) is 5.91 Å². The van der Waals surface area contributed by atoms with Crippen LogP contribution >= 0.6 is 0 Å². The van der Waals surface area contributed by atoms with Gasteiger partial charge in [-0.1, -0.05) is 42.5 Å². The minimum absolute atomic E-state index is 0.0772. The summed E-state index contributed by atoms with van der Waals surface area (Å²) in [5, 5.41) is 3.45. The van der Waals surface area contributed by atoms with E-state index in [1.807, 2.05) is 78.4 Å². The standard InChI is InChI=1S/C24H25N5O/c1-28(18-20-8-3-2-4-9-20)24(30)23-21(29-15-6-5-11-22(29)27-23)17-26-14-12-19-10-7-13-25-16-19/h2-11,13,15-16,26H,12,14,17-18H2,1H3. The van der Waals surface area contributed by atoms with Gasteiger partial charge in [0.25, 0.3) is 5.91 Å². The van der Waals surface area contributed by atoms with Crippen molar-refractivity contribution >= 4 is 11.6 Å². The fourth-order valence-electron chi connectivity index (χ4n) is 3.48. The molecule has 0 saturated heterocycles. The first-order valence-corrected chi connectivity index (χ1v) is 10.1. The Labute approximate surface area is 176 Å². The lowest BCUT2D eigenvalue weighted by Gasteiger charge is -2.17. The fraction of sp³-hybridized carbons (Fsp3) is 0.208. The van der Waals surface area contributed by atoms with Crippen molar-refractivity contribution in [1.29, 1.82) is 0 Å². The molecule has 6 heteroatoms. The smallest absolute Gasteiger partial charge is 0.274 e. The second kappa shape index (κ2) is 9.33. The molecule has 0 radical (unpaired) electrons. The summed E-state index contributed by atoms with van der Waals surface area (Å²) in [5.41, 5.74) is 4.42. The molecule has 0 fully saturated rings. The molecule has 1 N–H and O–H groups in total. The maximum Gasteiger partial charge on any atom is 0.274 e. The summed E-state index contributed by atoms with van der Waals surface area (Å²) in [6, 6.07) is 19.8. The molecule has 0 saturated carbocycles. The van der Waals surface area contributed by atoms with E-state index >= 15 is 0 Å². The van der Waals surface area contributed by atoms with Crippen LogP contribution in [0.2, 0.25) is 0 Å². The largest absolute Gasteiger partial charge is 0.336 e. The zero-order valence-electron chi connectivity index (χ0n) is 17.0. The Bertz CT molecular complexity index is 1110.